The van der Waals surface area contributed by atoms with Crippen molar-refractivity contribution in [3.63, 3.8) is 0 Å². The Labute approximate surface area is 90.8 Å². The third kappa shape index (κ3) is 2.49. The fraction of sp³-hybridized carbons (Fsp3) is 0.500. The SMILES string of the molecule is CCNC(CC)(CO)c1ccc(O)cc1. The third-order valence-electron chi connectivity index (χ3n) is 2.81. The Morgan fingerprint density at radius 3 is 2.20 bits per heavy atom. The Morgan fingerprint density at radius 1 is 1.20 bits per heavy atom. The Hall–Kier alpha value is -1.06. The number of rotatable bonds is 5. The summed E-state index contributed by atoms with van der Waals surface area (Å²) in [7, 11) is 0. The maximum absolute atomic E-state index is 9.51. The van der Waals surface area contributed by atoms with E-state index in [1.807, 2.05) is 26.0 Å². The van der Waals surface area contributed by atoms with Gasteiger partial charge in [0.2, 0.25) is 0 Å². The van der Waals surface area contributed by atoms with Gasteiger partial charge < -0.3 is 15.5 Å². The van der Waals surface area contributed by atoms with Crippen LogP contribution in [0.25, 0.3) is 0 Å². The molecule has 3 N–H and O–H groups in total. The average molecular weight is 209 g/mol. The van der Waals surface area contributed by atoms with Crippen LogP contribution in [0.3, 0.4) is 0 Å². The zero-order chi connectivity index (χ0) is 11.3. The molecule has 0 amide bonds. The van der Waals surface area contributed by atoms with Gasteiger partial charge in [-0.15, -0.1) is 0 Å². The van der Waals surface area contributed by atoms with Crippen LogP contribution in [0.4, 0.5) is 0 Å². The van der Waals surface area contributed by atoms with Gasteiger partial charge in [0.25, 0.3) is 0 Å². The number of nitrogens with one attached hydrogen (secondary N) is 1. The molecule has 0 saturated carbocycles. The minimum absolute atomic E-state index is 0.0577. The first-order valence-corrected chi connectivity index (χ1v) is 5.34. The Kier molecular flexibility index (Phi) is 4.12. The first-order valence-electron chi connectivity index (χ1n) is 5.34. The van der Waals surface area contributed by atoms with Crippen LogP contribution < -0.4 is 5.32 Å². The standard InChI is InChI=1S/C12H19NO2/c1-3-12(9-14,13-4-2)10-5-7-11(15)8-6-10/h5-8,13-15H,3-4,9H2,1-2H3. The number of hydrogen-bond acceptors (Lipinski definition) is 3. The van der Waals surface area contributed by atoms with Crippen molar-refractivity contribution >= 4 is 0 Å². The van der Waals surface area contributed by atoms with E-state index in [2.05, 4.69) is 5.32 Å². The number of aromatic hydroxyl groups is 1. The van der Waals surface area contributed by atoms with Crippen LogP contribution in [-0.2, 0) is 5.54 Å². The van der Waals surface area contributed by atoms with Gasteiger partial charge in [0, 0.05) is 0 Å². The number of phenols is 1. The molecule has 3 nitrogen and oxygen atoms in total. The summed E-state index contributed by atoms with van der Waals surface area (Å²) in [4.78, 5) is 0. The van der Waals surface area contributed by atoms with Crippen molar-refractivity contribution in [1.29, 1.82) is 0 Å². The molecule has 0 aliphatic heterocycles. The first-order chi connectivity index (χ1) is 7.18. The van der Waals surface area contributed by atoms with Gasteiger partial charge in [0.05, 0.1) is 12.1 Å². The topological polar surface area (TPSA) is 52.5 Å². The average Bonchev–Trinajstić information content (AvgIpc) is 2.27. The lowest BCUT2D eigenvalue weighted by Gasteiger charge is -2.32. The lowest BCUT2D eigenvalue weighted by molar-refractivity contribution is 0.157. The van der Waals surface area contributed by atoms with Crippen molar-refractivity contribution in [2.45, 2.75) is 25.8 Å². The molecule has 84 valence electrons. The zero-order valence-corrected chi connectivity index (χ0v) is 9.33. The fourth-order valence-electron chi connectivity index (χ4n) is 1.81. The Balaban J connectivity index is 3.02. The summed E-state index contributed by atoms with van der Waals surface area (Å²) in [6.07, 6.45) is 0.808. The van der Waals surface area contributed by atoms with Gasteiger partial charge in [0.1, 0.15) is 5.75 Å². The Bertz CT molecular complexity index is 291. The summed E-state index contributed by atoms with van der Waals surface area (Å²) in [5.74, 6) is 0.248. The second kappa shape index (κ2) is 5.14. The lowest BCUT2D eigenvalue weighted by Crippen LogP contribution is -2.45. The second-order valence-electron chi connectivity index (χ2n) is 3.67. The maximum Gasteiger partial charge on any atom is 0.115 e. The molecule has 0 radical (unpaired) electrons. The molecule has 0 saturated heterocycles. The second-order valence-corrected chi connectivity index (χ2v) is 3.67. The fourth-order valence-corrected chi connectivity index (χ4v) is 1.81. The van der Waals surface area contributed by atoms with Gasteiger partial charge >= 0.3 is 0 Å². The zero-order valence-electron chi connectivity index (χ0n) is 9.33. The summed E-state index contributed by atoms with van der Waals surface area (Å²) in [6.45, 7) is 4.91. The number of likely N-dealkylation sites (N-methyl/N-ethyl adjacent to an activating group) is 1. The van der Waals surface area contributed by atoms with Crippen molar-refractivity contribution in [3.05, 3.63) is 29.8 Å². The summed E-state index contributed by atoms with van der Waals surface area (Å²) < 4.78 is 0. The third-order valence-corrected chi connectivity index (χ3v) is 2.81. The smallest absolute Gasteiger partial charge is 0.115 e. The largest absolute Gasteiger partial charge is 0.508 e. The molecule has 1 aromatic carbocycles. The molecule has 3 heteroatoms. The highest BCUT2D eigenvalue weighted by molar-refractivity contribution is 5.31. The van der Waals surface area contributed by atoms with E-state index in [0.717, 1.165) is 18.5 Å². The molecule has 15 heavy (non-hydrogen) atoms. The molecule has 0 spiro atoms. The normalized spacial score (nSPS) is 14.9. The van der Waals surface area contributed by atoms with Crippen molar-refractivity contribution in [2.24, 2.45) is 0 Å². The quantitative estimate of drug-likeness (QED) is 0.690. The van der Waals surface area contributed by atoms with Crippen LogP contribution in [0.1, 0.15) is 25.8 Å². The summed E-state index contributed by atoms with van der Waals surface area (Å²) in [5, 5.41) is 22.0. The van der Waals surface area contributed by atoms with E-state index in [9.17, 15) is 10.2 Å². The summed E-state index contributed by atoms with van der Waals surface area (Å²) >= 11 is 0. The van der Waals surface area contributed by atoms with E-state index in [0.29, 0.717) is 0 Å². The minimum atomic E-state index is -0.386. The highest BCUT2D eigenvalue weighted by atomic mass is 16.3. The highest BCUT2D eigenvalue weighted by Gasteiger charge is 2.28. The van der Waals surface area contributed by atoms with Crippen LogP contribution >= 0.6 is 0 Å². The van der Waals surface area contributed by atoms with Crippen LogP contribution in [0, 0.1) is 0 Å². The van der Waals surface area contributed by atoms with Crippen LogP contribution in [0.2, 0.25) is 0 Å². The molecular formula is C12H19NO2. The molecule has 1 rings (SSSR count). The van der Waals surface area contributed by atoms with Gasteiger partial charge in [-0.3, -0.25) is 0 Å². The van der Waals surface area contributed by atoms with E-state index in [1.165, 1.54) is 0 Å². The maximum atomic E-state index is 9.51. The number of benzene rings is 1. The van der Waals surface area contributed by atoms with Crippen molar-refractivity contribution in [2.75, 3.05) is 13.2 Å². The molecule has 1 unspecified atom stereocenters. The van der Waals surface area contributed by atoms with Crippen molar-refractivity contribution in [3.8, 4) is 5.75 Å². The summed E-state index contributed by atoms with van der Waals surface area (Å²) in [6, 6.07) is 6.98. The van der Waals surface area contributed by atoms with E-state index >= 15 is 0 Å². The summed E-state index contributed by atoms with van der Waals surface area (Å²) in [5.41, 5.74) is 0.620. The highest BCUT2D eigenvalue weighted by Crippen LogP contribution is 2.25. The van der Waals surface area contributed by atoms with E-state index in [-0.39, 0.29) is 17.9 Å². The predicted molar refractivity (Wildman–Crippen MR) is 60.8 cm³/mol. The van der Waals surface area contributed by atoms with E-state index < -0.39 is 0 Å². The molecule has 1 aromatic rings. The molecular weight excluding hydrogens is 190 g/mol. The Morgan fingerprint density at radius 2 is 1.80 bits per heavy atom. The van der Waals surface area contributed by atoms with E-state index in [4.69, 9.17) is 0 Å². The number of aliphatic hydroxyl groups is 1. The number of aliphatic hydroxyl groups excluding tert-OH is 1. The van der Waals surface area contributed by atoms with Crippen LogP contribution in [0.15, 0.2) is 24.3 Å². The van der Waals surface area contributed by atoms with Gasteiger partial charge in [-0.25, -0.2) is 0 Å². The minimum Gasteiger partial charge on any atom is -0.508 e. The molecule has 1 atom stereocenters. The van der Waals surface area contributed by atoms with Crippen molar-refractivity contribution < 1.29 is 10.2 Å². The molecule has 0 aromatic heterocycles. The molecule has 0 aliphatic rings. The van der Waals surface area contributed by atoms with Crippen LogP contribution in [0.5, 0.6) is 5.75 Å². The first kappa shape index (κ1) is 12.0. The number of hydrogen-bond donors (Lipinski definition) is 3. The van der Waals surface area contributed by atoms with Crippen molar-refractivity contribution in [1.82, 2.24) is 5.32 Å². The van der Waals surface area contributed by atoms with Gasteiger partial charge in [-0.2, -0.15) is 0 Å². The van der Waals surface area contributed by atoms with Gasteiger partial charge in [-0.05, 0) is 30.7 Å². The molecule has 0 fully saturated rings. The molecule has 0 bridgehead atoms. The lowest BCUT2D eigenvalue weighted by atomic mass is 9.88. The number of phenolic OH excluding ortho intramolecular Hbond substituents is 1. The molecule has 0 aliphatic carbocycles. The van der Waals surface area contributed by atoms with Gasteiger partial charge in [-0.1, -0.05) is 26.0 Å². The predicted octanol–water partition coefficient (Wildman–Crippen LogP) is 1.60. The van der Waals surface area contributed by atoms with Crippen LogP contribution in [-0.4, -0.2) is 23.4 Å². The molecule has 0 heterocycles. The monoisotopic (exact) mass is 209 g/mol. The van der Waals surface area contributed by atoms with E-state index in [1.54, 1.807) is 12.1 Å². The van der Waals surface area contributed by atoms with Gasteiger partial charge in [0.15, 0.2) is 0 Å².